The standard InChI is InChI=1S/C20H32ClN3O2.HI/c1-2-22-20(23-11-3-5-17-6-8-19(21)9-7-17)24-12-4-13-25-15-18-10-14-26-16-18;/h6-9,18H,2-5,10-16H2,1H3,(H2,22,23,24);1H. The minimum absolute atomic E-state index is 0. The fraction of sp³-hybridized carbons (Fsp3) is 0.650. The molecule has 0 radical (unpaired) electrons. The lowest BCUT2D eigenvalue weighted by Crippen LogP contribution is -2.38. The maximum absolute atomic E-state index is 5.91. The second-order valence-electron chi connectivity index (χ2n) is 6.58. The molecule has 1 aromatic carbocycles. The Hall–Kier alpha value is -0.570. The summed E-state index contributed by atoms with van der Waals surface area (Å²) in [6, 6.07) is 8.03. The van der Waals surface area contributed by atoms with E-state index >= 15 is 0 Å². The van der Waals surface area contributed by atoms with E-state index in [-0.39, 0.29) is 24.0 Å². The van der Waals surface area contributed by atoms with Gasteiger partial charge in [0.15, 0.2) is 5.96 Å². The minimum Gasteiger partial charge on any atom is -0.381 e. The van der Waals surface area contributed by atoms with Gasteiger partial charge in [-0.1, -0.05) is 23.7 Å². The highest BCUT2D eigenvalue weighted by Gasteiger charge is 2.15. The van der Waals surface area contributed by atoms with Crippen molar-refractivity contribution >= 4 is 41.5 Å². The lowest BCUT2D eigenvalue weighted by Gasteiger charge is -2.12. The van der Waals surface area contributed by atoms with Gasteiger partial charge in [0, 0.05) is 43.8 Å². The highest BCUT2D eigenvalue weighted by atomic mass is 127. The fourth-order valence-electron chi connectivity index (χ4n) is 2.81. The number of aliphatic imine (C=N–C) groups is 1. The Morgan fingerprint density at radius 1 is 1.26 bits per heavy atom. The molecular weight excluding hydrogens is 477 g/mol. The molecule has 1 unspecified atom stereocenters. The number of rotatable bonds is 11. The summed E-state index contributed by atoms with van der Waals surface area (Å²) in [6.45, 7) is 7.94. The van der Waals surface area contributed by atoms with E-state index in [0.29, 0.717) is 5.92 Å². The fourth-order valence-corrected chi connectivity index (χ4v) is 2.94. The summed E-state index contributed by atoms with van der Waals surface area (Å²) in [5, 5.41) is 7.44. The van der Waals surface area contributed by atoms with Gasteiger partial charge in [-0.05, 0) is 50.3 Å². The molecule has 1 aliphatic rings. The van der Waals surface area contributed by atoms with Crippen LogP contribution >= 0.6 is 35.6 Å². The summed E-state index contributed by atoms with van der Waals surface area (Å²) >= 11 is 5.91. The Morgan fingerprint density at radius 2 is 2.07 bits per heavy atom. The molecule has 5 nitrogen and oxygen atoms in total. The predicted molar refractivity (Wildman–Crippen MR) is 124 cm³/mol. The molecule has 1 fully saturated rings. The van der Waals surface area contributed by atoms with Crippen LogP contribution in [0.2, 0.25) is 5.02 Å². The van der Waals surface area contributed by atoms with Gasteiger partial charge >= 0.3 is 0 Å². The zero-order chi connectivity index (χ0) is 18.5. The monoisotopic (exact) mass is 509 g/mol. The van der Waals surface area contributed by atoms with Gasteiger partial charge in [0.2, 0.25) is 0 Å². The number of aryl methyl sites for hydroxylation is 1. The van der Waals surface area contributed by atoms with Crippen LogP contribution in [0.15, 0.2) is 29.3 Å². The summed E-state index contributed by atoms with van der Waals surface area (Å²) in [5.74, 6) is 1.47. The Kier molecular flexibility index (Phi) is 13.9. The zero-order valence-corrected chi connectivity index (χ0v) is 19.3. The average molecular weight is 510 g/mol. The number of nitrogens with zero attached hydrogens (tertiary/aromatic N) is 1. The molecule has 0 aromatic heterocycles. The number of ether oxygens (including phenoxy) is 2. The first-order valence-electron chi connectivity index (χ1n) is 9.70. The van der Waals surface area contributed by atoms with Crippen molar-refractivity contribution in [3.8, 4) is 0 Å². The molecular formula is C20H33ClIN3O2. The van der Waals surface area contributed by atoms with Crippen molar-refractivity contribution in [2.45, 2.75) is 32.6 Å². The zero-order valence-electron chi connectivity index (χ0n) is 16.2. The van der Waals surface area contributed by atoms with Crippen molar-refractivity contribution in [1.82, 2.24) is 10.6 Å². The van der Waals surface area contributed by atoms with E-state index < -0.39 is 0 Å². The normalized spacial score (nSPS) is 16.8. The van der Waals surface area contributed by atoms with Crippen molar-refractivity contribution in [2.24, 2.45) is 10.9 Å². The van der Waals surface area contributed by atoms with E-state index in [1.54, 1.807) is 0 Å². The summed E-state index contributed by atoms with van der Waals surface area (Å²) in [6.07, 6.45) is 4.14. The highest BCUT2D eigenvalue weighted by molar-refractivity contribution is 14.0. The van der Waals surface area contributed by atoms with Gasteiger partial charge < -0.3 is 20.1 Å². The molecule has 27 heavy (non-hydrogen) atoms. The van der Waals surface area contributed by atoms with Crippen LogP contribution in [0.4, 0.5) is 0 Å². The second kappa shape index (κ2) is 15.4. The third-order valence-corrected chi connectivity index (χ3v) is 4.54. The number of halogens is 2. The van der Waals surface area contributed by atoms with Crippen LogP contribution in [-0.2, 0) is 15.9 Å². The summed E-state index contributed by atoms with van der Waals surface area (Å²) < 4.78 is 11.1. The van der Waals surface area contributed by atoms with Gasteiger partial charge in [-0.15, -0.1) is 24.0 Å². The molecule has 1 aromatic rings. The number of nitrogens with one attached hydrogen (secondary N) is 2. The van der Waals surface area contributed by atoms with E-state index in [9.17, 15) is 0 Å². The maximum atomic E-state index is 5.91. The molecule has 0 aliphatic carbocycles. The topological polar surface area (TPSA) is 54.9 Å². The third-order valence-electron chi connectivity index (χ3n) is 4.29. The highest BCUT2D eigenvalue weighted by Crippen LogP contribution is 2.12. The van der Waals surface area contributed by atoms with Gasteiger partial charge in [-0.3, -0.25) is 4.99 Å². The van der Waals surface area contributed by atoms with Crippen molar-refractivity contribution in [1.29, 1.82) is 0 Å². The molecule has 0 bridgehead atoms. The van der Waals surface area contributed by atoms with Gasteiger partial charge in [0.05, 0.1) is 13.2 Å². The molecule has 1 saturated heterocycles. The molecule has 0 spiro atoms. The van der Waals surface area contributed by atoms with Crippen LogP contribution in [0.25, 0.3) is 0 Å². The van der Waals surface area contributed by atoms with Crippen molar-refractivity contribution in [3.05, 3.63) is 34.9 Å². The lowest BCUT2D eigenvalue weighted by atomic mass is 10.1. The largest absolute Gasteiger partial charge is 0.381 e. The number of hydrogen-bond acceptors (Lipinski definition) is 3. The van der Waals surface area contributed by atoms with Gasteiger partial charge in [0.1, 0.15) is 0 Å². The Labute approximate surface area is 185 Å². The van der Waals surface area contributed by atoms with Crippen LogP contribution in [0.1, 0.15) is 31.7 Å². The van der Waals surface area contributed by atoms with Gasteiger partial charge in [0.25, 0.3) is 0 Å². The summed E-state index contributed by atoms with van der Waals surface area (Å²) in [4.78, 5) is 4.64. The van der Waals surface area contributed by atoms with E-state index in [4.69, 9.17) is 21.1 Å². The first-order valence-corrected chi connectivity index (χ1v) is 10.1. The van der Waals surface area contributed by atoms with E-state index in [1.807, 2.05) is 12.1 Å². The molecule has 1 aliphatic heterocycles. The van der Waals surface area contributed by atoms with E-state index in [0.717, 1.165) is 82.7 Å². The van der Waals surface area contributed by atoms with Crippen LogP contribution in [0, 0.1) is 5.92 Å². The molecule has 2 N–H and O–H groups in total. The molecule has 154 valence electrons. The van der Waals surface area contributed by atoms with E-state index in [2.05, 4.69) is 34.7 Å². The van der Waals surface area contributed by atoms with Crippen LogP contribution in [0.5, 0.6) is 0 Å². The van der Waals surface area contributed by atoms with Crippen LogP contribution in [0.3, 0.4) is 0 Å². The molecule has 0 saturated carbocycles. The second-order valence-corrected chi connectivity index (χ2v) is 7.01. The molecule has 0 amide bonds. The molecule has 7 heteroatoms. The van der Waals surface area contributed by atoms with Crippen molar-refractivity contribution in [3.63, 3.8) is 0 Å². The van der Waals surface area contributed by atoms with Gasteiger partial charge in [-0.2, -0.15) is 0 Å². The predicted octanol–water partition coefficient (Wildman–Crippen LogP) is 3.89. The molecule has 2 rings (SSSR count). The number of guanidine groups is 1. The minimum atomic E-state index is 0. The smallest absolute Gasteiger partial charge is 0.191 e. The Bertz CT molecular complexity index is 522. The first kappa shape index (κ1) is 24.5. The number of hydrogen-bond donors (Lipinski definition) is 2. The summed E-state index contributed by atoms with van der Waals surface area (Å²) in [7, 11) is 0. The first-order chi connectivity index (χ1) is 12.8. The molecule has 1 heterocycles. The van der Waals surface area contributed by atoms with Crippen LogP contribution in [-0.4, -0.2) is 52.0 Å². The third kappa shape index (κ3) is 11.1. The maximum Gasteiger partial charge on any atom is 0.191 e. The number of benzene rings is 1. The van der Waals surface area contributed by atoms with Crippen molar-refractivity contribution in [2.75, 3.05) is 46.1 Å². The Balaban J connectivity index is 0.00000364. The van der Waals surface area contributed by atoms with E-state index in [1.165, 1.54) is 5.56 Å². The molecule has 1 atom stereocenters. The average Bonchev–Trinajstić information content (AvgIpc) is 3.16. The van der Waals surface area contributed by atoms with Crippen molar-refractivity contribution < 1.29 is 9.47 Å². The van der Waals surface area contributed by atoms with Crippen LogP contribution < -0.4 is 10.6 Å². The van der Waals surface area contributed by atoms with Gasteiger partial charge in [-0.25, -0.2) is 0 Å². The summed E-state index contributed by atoms with van der Waals surface area (Å²) in [5.41, 5.74) is 1.30. The lowest BCUT2D eigenvalue weighted by molar-refractivity contribution is 0.0888. The Morgan fingerprint density at radius 3 is 2.78 bits per heavy atom. The quantitative estimate of drug-likeness (QED) is 0.206. The SMILES string of the molecule is CCNC(=NCCCc1ccc(Cl)cc1)NCCCOCC1CCOC1.I.